The van der Waals surface area contributed by atoms with Gasteiger partial charge in [-0.1, -0.05) is 38.1 Å². The van der Waals surface area contributed by atoms with Gasteiger partial charge in [-0.15, -0.1) is 0 Å². The van der Waals surface area contributed by atoms with Crippen LogP contribution in [0.25, 0.3) is 0 Å². The molecule has 0 spiro atoms. The second kappa shape index (κ2) is 7.33. The van der Waals surface area contributed by atoms with Gasteiger partial charge in [-0.05, 0) is 24.6 Å². The molecular weight excluding hydrogens is 308 g/mol. The van der Waals surface area contributed by atoms with Crippen molar-refractivity contribution in [3.63, 3.8) is 0 Å². The van der Waals surface area contributed by atoms with Gasteiger partial charge in [-0.3, -0.25) is 0 Å². The molecule has 0 unspecified atom stereocenters. The second-order valence-electron chi connectivity index (χ2n) is 6.61. The molecule has 0 aliphatic rings. The summed E-state index contributed by atoms with van der Waals surface area (Å²) in [6.07, 6.45) is -0.447. The van der Waals surface area contributed by atoms with Crippen molar-refractivity contribution < 1.29 is 14.1 Å². The molecule has 1 heterocycles. The van der Waals surface area contributed by atoms with Gasteiger partial charge in [0.05, 0.1) is 7.11 Å². The normalized spacial score (nSPS) is 12.5. The number of alkyl carbamates (subject to hydrolysis) is 1. The summed E-state index contributed by atoms with van der Waals surface area (Å²) < 4.78 is 9.88. The van der Waals surface area contributed by atoms with Gasteiger partial charge >= 0.3 is 6.09 Å². The van der Waals surface area contributed by atoms with E-state index in [-0.39, 0.29) is 11.5 Å². The van der Waals surface area contributed by atoms with Gasteiger partial charge in [0.15, 0.2) is 5.82 Å². The summed E-state index contributed by atoms with van der Waals surface area (Å²) in [6.45, 7) is 8.51. The number of methoxy groups -OCH3 is 1. The summed E-state index contributed by atoms with van der Waals surface area (Å²) >= 11 is 0. The van der Waals surface area contributed by atoms with E-state index >= 15 is 0 Å². The maximum Gasteiger partial charge on any atom is 0.407 e. The van der Waals surface area contributed by atoms with Crippen LogP contribution in [0.4, 0.5) is 10.5 Å². The molecular formula is C17H24N4O3. The summed E-state index contributed by atoms with van der Waals surface area (Å²) in [5.41, 5.74) is 1.77. The summed E-state index contributed by atoms with van der Waals surface area (Å²) in [4.78, 5) is 15.5. The van der Waals surface area contributed by atoms with Crippen LogP contribution in [0.1, 0.15) is 51.0 Å². The molecule has 0 saturated carbocycles. The Hall–Kier alpha value is -2.57. The van der Waals surface area contributed by atoms with E-state index in [4.69, 9.17) is 4.52 Å². The fraction of sp³-hybridized carbons (Fsp3) is 0.471. The van der Waals surface area contributed by atoms with Crippen LogP contribution in [0.3, 0.4) is 0 Å². The average Bonchev–Trinajstić information content (AvgIpc) is 3.04. The minimum Gasteiger partial charge on any atom is -0.453 e. The molecule has 7 nitrogen and oxygen atoms in total. The molecule has 1 aromatic carbocycles. The monoisotopic (exact) mass is 332 g/mol. The Morgan fingerprint density at radius 3 is 2.50 bits per heavy atom. The van der Waals surface area contributed by atoms with Crippen molar-refractivity contribution in [2.45, 2.75) is 45.7 Å². The maximum absolute atomic E-state index is 11.1. The largest absolute Gasteiger partial charge is 0.453 e. The predicted octanol–water partition coefficient (Wildman–Crippen LogP) is 3.40. The highest BCUT2D eigenvalue weighted by Gasteiger charge is 2.23. The van der Waals surface area contributed by atoms with Gasteiger partial charge in [-0.2, -0.15) is 4.98 Å². The summed E-state index contributed by atoms with van der Waals surface area (Å²) in [6, 6.07) is 7.63. The van der Waals surface area contributed by atoms with Crippen LogP contribution in [0.2, 0.25) is 0 Å². The standard InChI is InChI=1S/C17H24N4O3/c1-11(14-20-15(21-24-14)17(2,3)4)19-13-8-6-12(7-9-13)10-18-16(22)23-5/h6-9,11,19H,10H2,1-5H3,(H,18,22)/t11-/m0/s1. The first-order valence-corrected chi connectivity index (χ1v) is 7.81. The molecule has 0 fully saturated rings. The van der Waals surface area contributed by atoms with Gasteiger partial charge in [0.25, 0.3) is 0 Å². The Morgan fingerprint density at radius 2 is 1.96 bits per heavy atom. The Morgan fingerprint density at radius 1 is 1.29 bits per heavy atom. The highest BCUT2D eigenvalue weighted by Crippen LogP contribution is 2.23. The number of carbonyl (C=O) groups is 1. The van der Waals surface area contributed by atoms with Crippen molar-refractivity contribution in [3.8, 4) is 0 Å². The van der Waals surface area contributed by atoms with Crippen LogP contribution in [-0.4, -0.2) is 23.3 Å². The second-order valence-corrected chi connectivity index (χ2v) is 6.61. The molecule has 2 rings (SSSR count). The number of benzene rings is 1. The first-order valence-electron chi connectivity index (χ1n) is 7.81. The number of amides is 1. The Balaban J connectivity index is 1.95. The number of anilines is 1. The molecule has 1 aromatic heterocycles. The Labute approximate surface area is 141 Å². The fourth-order valence-electron chi connectivity index (χ4n) is 1.99. The minimum absolute atomic E-state index is 0.104. The highest BCUT2D eigenvalue weighted by molar-refractivity contribution is 5.66. The van der Waals surface area contributed by atoms with Crippen LogP contribution in [0.15, 0.2) is 28.8 Å². The van der Waals surface area contributed by atoms with E-state index in [9.17, 15) is 4.79 Å². The van der Waals surface area contributed by atoms with Gasteiger partial charge in [0, 0.05) is 17.6 Å². The van der Waals surface area contributed by atoms with Crippen molar-refractivity contribution in [1.82, 2.24) is 15.5 Å². The lowest BCUT2D eigenvalue weighted by Crippen LogP contribution is -2.22. The van der Waals surface area contributed by atoms with Crippen LogP contribution in [0, 0.1) is 0 Å². The molecule has 1 atom stereocenters. The molecule has 0 aliphatic carbocycles. The van der Waals surface area contributed by atoms with Crippen LogP contribution in [-0.2, 0) is 16.7 Å². The SMILES string of the molecule is COC(=O)NCc1ccc(N[C@@H](C)c2nc(C(C)(C)C)no2)cc1. The molecule has 2 N–H and O–H groups in total. The number of rotatable bonds is 5. The molecule has 7 heteroatoms. The third-order valence-corrected chi connectivity index (χ3v) is 3.44. The maximum atomic E-state index is 11.1. The third kappa shape index (κ3) is 4.71. The first-order chi connectivity index (χ1) is 11.3. The van der Waals surface area contributed by atoms with E-state index in [0.717, 1.165) is 11.3 Å². The summed E-state index contributed by atoms with van der Waals surface area (Å²) in [7, 11) is 1.34. The zero-order chi connectivity index (χ0) is 17.7. The van der Waals surface area contributed by atoms with Gasteiger partial charge in [-0.25, -0.2) is 4.79 Å². The zero-order valence-corrected chi connectivity index (χ0v) is 14.7. The third-order valence-electron chi connectivity index (χ3n) is 3.44. The lowest BCUT2D eigenvalue weighted by molar-refractivity contribution is 0.170. The molecule has 0 aliphatic heterocycles. The topological polar surface area (TPSA) is 89.3 Å². The molecule has 1 amide bonds. The fourth-order valence-corrected chi connectivity index (χ4v) is 1.99. The van der Waals surface area contributed by atoms with E-state index in [2.05, 4.69) is 25.5 Å². The molecule has 2 aromatic rings. The number of nitrogens with zero attached hydrogens (tertiary/aromatic N) is 2. The smallest absolute Gasteiger partial charge is 0.407 e. The summed E-state index contributed by atoms with van der Waals surface area (Å²) in [5, 5.41) is 9.99. The van der Waals surface area contributed by atoms with E-state index in [1.54, 1.807) is 0 Å². The molecule has 0 bridgehead atoms. The lowest BCUT2D eigenvalue weighted by atomic mass is 9.96. The summed E-state index contributed by atoms with van der Waals surface area (Å²) in [5.74, 6) is 1.24. The predicted molar refractivity (Wildman–Crippen MR) is 90.7 cm³/mol. The van der Waals surface area contributed by atoms with Crippen molar-refractivity contribution in [3.05, 3.63) is 41.5 Å². The molecule has 130 valence electrons. The van der Waals surface area contributed by atoms with Gasteiger partial charge in [0.1, 0.15) is 6.04 Å². The van der Waals surface area contributed by atoms with Gasteiger partial charge in [0.2, 0.25) is 5.89 Å². The molecule has 0 saturated heterocycles. The number of nitrogens with one attached hydrogen (secondary N) is 2. The van der Waals surface area contributed by atoms with E-state index in [1.165, 1.54) is 7.11 Å². The number of ether oxygens (including phenoxy) is 1. The quantitative estimate of drug-likeness (QED) is 0.872. The van der Waals surface area contributed by atoms with Crippen LogP contribution in [0.5, 0.6) is 0 Å². The zero-order valence-electron chi connectivity index (χ0n) is 14.7. The number of aromatic nitrogens is 2. The molecule has 0 radical (unpaired) electrons. The van der Waals surface area contributed by atoms with Crippen molar-refractivity contribution >= 4 is 11.8 Å². The number of carbonyl (C=O) groups excluding carboxylic acids is 1. The Kier molecular flexibility index (Phi) is 5.43. The van der Waals surface area contributed by atoms with E-state index in [0.29, 0.717) is 18.3 Å². The number of hydrogen-bond acceptors (Lipinski definition) is 6. The van der Waals surface area contributed by atoms with Crippen molar-refractivity contribution in [2.24, 2.45) is 0 Å². The first kappa shape index (κ1) is 17.8. The van der Waals surface area contributed by atoms with Crippen LogP contribution >= 0.6 is 0 Å². The minimum atomic E-state index is -0.447. The lowest BCUT2D eigenvalue weighted by Gasteiger charge is -2.13. The van der Waals surface area contributed by atoms with Gasteiger partial charge < -0.3 is 19.9 Å². The Bertz CT molecular complexity index is 674. The van der Waals surface area contributed by atoms with Crippen LogP contribution < -0.4 is 10.6 Å². The number of hydrogen-bond donors (Lipinski definition) is 2. The molecule has 24 heavy (non-hydrogen) atoms. The van der Waals surface area contributed by atoms with E-state index in [1.807, 2.05) is 52.0 Å². The van der Waals surface area contributed by atoms with E-state index < -0.39 is 6.09 Å². The highest BCUT2D eigenvalue weighted by atomic mass is 16.5. The van der Waals surface area contributed by atoms with Crippen molar-refractivity contribution in [2.75, 3.05) is 12.4 Å². The average molecular weight is 332 g/mol. The van der Waals surface area contributed by atoms with Crippen molar-refractivity contribution in [1.29, 1.82) is 0 Å².